The summed E-state index contributed by atoms with van der Waals surface area (Å²) in [5.41, 5.74) is 1.66. The number of carbonyl (C=O) groups excluding carboxylic acids is 1. The van der Waals surface area contributed by atoms with E-state index in [1.165, 1.54) is 55.2 Å². The molecule has 1 aliphatic heterocycles. The molecule has 2 heterocycles. The third kappa shape index (κ3) is 5.45. The van der Waals surface area contributed by atoms with Crippen LogP contribution in [-0.2, 0) is 18.4 Å². The molecule has 0 radical (unpaired) electrons. The molecule has 1 aromatic carbocycles. The van der Waals surface area contributed by atoms with E-state index in [0.29, 0.717) is 23.1 Å². The fraction of sp³-hybridized carbons (Fsp3) is 0.621. The Bertz CT molecular complexity index is 1220. The minimum absolute atomic E-state index is 0.208. The number of carbonyl (C=O) groups is 1. The van der Waals surface area contributed by atoms with Gasteiger partial charge in [0.15, 0.2) is 0 Å². The molecule has 1 amide bonds. The SMILES string of the molecule is C=C(C1CC1)N1CCN(C(=O)C2CCCCC2)CC1.Cn1c(=O)c2ccccc2n(CC2CC2)c1=O. The van der Waals surface area contributed by atoms with Gasteiger partial charge in [0.1, 0.15) is 0 Å². The first-order chi connectivity index (χ1) is 17.4. The molecule has 36 heavy (non-hydrogen) atoms. The number of fused-ring (bicyclic) bond motifs is 1. The van der Waals surface area contributed by atoms with Crippen molar-refractivity contribution in [2.45, 2.75) is 64.3 Å². The molecule has 7 heteroatoms. The van der Waals surface area contributed by atoms with Gasteiger partial charge in [0.2, 0.25) is 5.91 Å². The highest BCUT2D eigenvalue weighted by atomic mass is 16.2. The van der Waals surface area contributed by atoms with E-state index >= 15 is 0 Å². The minimum atomic E-state index is -0.211. The summed E-state index contributed by atoms with van der Waals surface area (Å²) in [6.45, 7) is 8.75. The topological polar surface area (TPSA) is 67.5 Å². The number of piperazine rings is 1. The van der Waals surface area contributed by atoms with Gasteiger partial charge in [-0.05, 0) is 62.5 Å². The summed E-state index contributed by atoms with van der Waals surface area (Å²) in [5.74, 6) is 2.11. The van der Waals surface area contributed by atoms with Crippen molar-refractivity contribution in [3.63, 3.8) is 0 Å². The Morgan fingerprint density at radius 1 is 0.861 bits per heavy atom. The first-order valence-electron chi connectivity index (χ1n) is 13.8. The monoisotopic (exact) mass is 492 g/mol. The predicted octanol–water partition coefficient (Wildman–Crippen LogP) is 3.74. The zero-order valence-electron chi connectivity index (χ0n) is 21.7. The zero-order valence-corrected chi connectivity index (χ0v) is 21.7. The lowest BCUT2D eigenvalue weighted by Gasteiger charge is -2.39. The first-order valence-corrected chi connectivity index (χ1v) is 13.8. The Morgan fingerprint density at radius 2 is 1.50 bits per heavy atom. The van der Waals surface area contributed by atoms with Gasteiger partial charge in [0, 0.05) is 51.4 Å². The van der Waals surface area contributed by atoms with E-state index in [4.69, 9.17) is 0 Å². The molecule has 4 aliphatic rings. The van der Waals surface area contributed by atoms with E-state index < -0.39 is 0 Å². The van der Waals surface area contributed by atoms with Gasteiger partial charge in [-0.25, -0.2) is 4.79 Å². The van der Waals surface area contributed by atoms with E-state index in [0.717, 1.165) is 57.0 Å². The second-order valence-electron chi connectivity index (χ2n) is 11.1. The number of hydrogen-bond acceptors (Lipinski definition) is 4. The van der Waals surface area contributed by atoms with Crippen LogP contribution in [0.3, 0.4) is 0 Å². The number of amides is 1. The van der Waals surface area contributed by atoms with Crippen molar-refractivity contribution < 1.29 is 4.79 Å². The van der Waals surface area contributed by atoms with Crippen molar-refractivity contribution in [2.75, 3.05) is 26.2 Å². The van der Waals surface area contributed by atoms with Gasteiger partial charge in [-0.15, -0.1) is 0 Å². The van der Waals surface area contributed by atoms with Crippen molar-refractivity contribution in [3.8, 4) is 0 Å². The molecule has 7 nitrogen and oxygen atoms in total. The largest absolute Gasteiger partial charge is 0.372 e. The summed E-state index contributed by atoms with van der Waals surface area (Å²) < 4.78 is 2.93. The highest BCUT2D eigenvalue weighted by Crippen LogP contribution is 2.37. The maximum atomic E-state index is 12.5. The third-order valence-corrected chi connectivity index (χ3v) is 8.39. The number of hydrogen-bond donors (Lipinski definition) is 0. The summed E-state index contributed by atoms with van der Waals surface area (Å²) in [4.78, 5) is 41.0. The minimum Gasteiger partial charge on any atom is -0.372 e. The molecule has 0 unspecified atom stereocenters. The number of para-hydroxylation sites is 1. The maximum absolute atomic E-state index is 12.5. The van der Waals surface area contributed by atoms with Gasteiger partial charge >= 0.3 is 5.69 Å². The van der Waals surface area contributed by atoms with Crippen LogP contribution in [0.5, 0.6) is 0 Å². The Labute approximate surface area is 213 Å². The fourth-order valence-corrected chi connectivity index (χ4v) is 5.67. The van der Waals surface area contributed by atoms with Crippen molar-refractivity contribution in [2.24, 2.45) is 24.8 Å². The predicted molar refractivity (Wildman–Crippen MR) is 143 cm³/mol. The number of allylic oxidation sites excluding steroid dienone is 1. The van der Waals surface area contributed by atoms with Crippen molar-refractivity contribution >= 4 is 16.8 Å². The lowest BCUT2D eigenvalue weighted by Crippen LogP contribution is -2.50. The van der Waals surface area contributed by atoms with Crippen LogP contribution in [0.1, 0.15) is 57.8 Å². The van der Waals surface area contributed by atoms with Gasteiger partial charge < -0.3 is 9.80 Å². The molecule has 4 fully saturated rings. The standard InChI is InChI=1S/C16H26N2O.C13H14N2O2/c1-13(14-7-8-14)17-9-11-18(12-10-17)16(19)15-5-3-2-4-6-15;1-14-12(16)10-4-2-3-5-11(10)15(13(14)17)8-9-6-7-9/h14-15H,1-12H2;2-5,9H,6-8H2,1H3. The van der Waals surface area contributed by atoms with Gasteiger partial charge in [-0.1, -0.05) is 38.0 Å². The van der Waals surface area contributed by atoms with E-state index in [1.807, 2.05) is 18.2 Å². The molecule has 1 aromatic heterocycles. The molecule has 194 valence electrons. The lowest BCUT2D eigenvalue weighted by atomic mass is 9.88. The van der Waals surface area contributed by atoms with Crippen LogP contribution >= 0.6 is 0 Å². The van der Waals surface area contributed by atoms with E-state index in [2.05, 4.69) is 16.4 Å². The molecular weight excluding hydrogens is 452 g/mol. The van der Waals surface area contributed by atoms with Crippen LogP contribution in [-0.4, -0.2) is 51.0 Å². The Hall–Kier alpha value is -2.83. The normalized spacial score (nSPS) is 20.7. The molecule has 3 aliphatic carbocycles. The summed E-state index contributed by atoms with van der Waals surface area (Å²) in [6.07, 6.45) is 11.1. The number of benzene rings is 1. The van der Waals surface area contributed by atoms with Crippen LogP contribution in [0.15, 0.2) is 46.1 Å². The zero-order chi connectivity index (χ0) is 25.2. The van der Waals surface area contributed by atoms with Crippen LogP contribution in [0.25, 0.3) is 10.9 Å². The second-order valence-corrected chi connectivity index (χ2v) is 11.1. The average Bonchev–Trinajstić information content (AvgIpc) is 3.85. The molecule has 2 aromatic rings. The van der Waals surface area contributed by atoms with Crippen LogP contribution in [0.2, 0.25) is 0 Å². The highest BCUT2D eigenvalue weighted by Gasteiger charge is 2.32. The van der Waals surface area contributed by atoms with Crippen molar-refractivity contribution in [3.05, 3.63) is 57.4 Å². The summed E-state index contributed by atoms with van der Waals surface area (Å²) in [5, 5.41) is 0.621. The molecule has 0 spiro atoms. The molecule has 0 N–H and O–H groups in total. The van der Waals surface area contributed by atoms with Crippen molar-refractivity contribution in [1.29, 1.82) is 0 Å². The van der Waals surface area contributed by atoms with E-state index in [9.17, 15) is 14.4 Å². The highest BCUT2D eigenvalue weighted by molar-refractivity contribution is 5.79. The molecule has 0 atom stereocenters. The third-order valence-electron chi connectivity index (χ3n) is 8.39. The second kappa shape index (κ2) is 10.7. The summed E-state index contributed by atoms with van der Waals surface area (Å²) >= 11 is 0. The quantitative estimate of drug-likeness (QED) is 0.638. The molecule has 6 rings (SSSR count). The molecule has 0 bridgehead atoms. The van der Waals surface area contributed by atoms with Crippen LogP contribution in [0.4, 0.5) is 0 Å². The Kier molecular flexibility index (Phi) is 7.35. The van der Waals surface area contributed by atoms with Gasteiger partial charge in [-0.2, -0.15) is 0 Å². The molecular formula is C29H40N4O3. The van der Waals surface area contributed by atoms with Crippen molar-refractivity contribution in [1.82, 2.24) is 18.9 Å². The lowest BCUT2D eigenvalue weighted by molar-refractivity contribution is -0.138. The van der Waals surface area contributed by atoms with E-state index in [-0.39, 0.29) is 11.2 Å². The maximum Gasteiger partial charge on any atom is 0.331 e. The summed E-state index contributed by atoms with van der Waals surface area (Å²) in [6, 6.07) is 7.32. The average molecular weight is 493 g/mol. The van der Waals surface area contributed by atoms with Crippen LogP contribution in [0, 0.1) is 17.8 Å². The van der Waals surface area contributed by atoms with Gasteiger partial charge in [0.25, 0.3) is 5.56 Å². The molecule has 3 saturated carbocycles. The Balaban J connectivity index is 0.000000149. The smallest absolute Gasteiger partial charge is 0.331 e. The first kappa shape index (κ1) is 24.8. The van der Waals surface area contributed by atoms with Gasteiger partial charge in [-0.3, -0.25) is 18.7 Å². The number of nitrogens with zero attached hydrogens (tertiary/aromatic N) is 4. The van der Waals surface area contributed by atoms with E-state index in [1.54, 1.807) is 17.7 Å². The molecule has 1 saturated heterocycles. The number of aromatic nitrogens is 2. The Morgan fingerprint density at radius 3 is 2.14 bits per heavy atom. The van der Waals surface area contributed by atoms with Crippen LogP contribution < -0.4 is 11.2 Å². The van der Waals surface area contributed by atoms with Gasteiger partial charge in [0.05, 0.1) is 10.9 Å². The number of rotatable bonds is 5. The summed E-state index contributed by atoms with van der Waals surface area (Å²) in [7, 11) is 1.54. The fourth-order valence-electron chi connectivity index (χ4n) is 5.67.